The van der Waals surface area contributed by atoms with Crippen LogP contribution in [0.1, 0.15) is 59.3 Å². The van der Waals surface area contributed by atoms with Crippen molar-refractivity contribution in [2.45, 2.75) is 103 Å². The minimum Gasteiger partial charge on any atom is -0.384 e. The highest BCUT2D eigenvalue weighted by molar-refractivity contribution is 7.05. The van der Waals surface area contributed by atoms with Gasteiger partial charge in [-0.1, -0.05) is 115 Å². The zero-order valence-corrected chi connectivity index (χ0v) is 19.7. The Morgan fingerprint density at radius 1 is 0.960 bits per heavy atom. The summed E-state index contributed by atoms with van der Waals surface area (Å²) in [5.41, 5.74) is 2.75. The van der Waals surface area contributed by atoms with Crippen LogP contribution in [0.15, 0.2) is 23.9 Å². The lowest BCUT2D eigenvalue weighted by atomic mass is 10.2. The summed E-state index contributed by atoms with van der Waals surface area (Å²) in [4.78, 5) is 12.4. The van der Waals surface area contributed by atoms with Crippen molar-refractivity contribution in [3.05, 3.63) is 23.9 Å². The Labute approximate surface area is 158 Å². The fourth-order valence-corrected chi connectivity index (χ4v) is 9.36. The van der Waals surface area contributed by atoms with Gasteiger partial charge < -0.3 is 9.90 Å². The molecular weight excluding hydrogens is 340 g/mol. The van der Waals surface area contributed by atoms with Gasteiger partial charge in [-0.3, -0.25) is 0 Å². The van der Waals surface area contributed by atoms with E-state index in [1.54, 1.807) is 0 Å². The normalized spacial score (nSPS) is 14.0. The molecule has 0 radical (unpaired) electrons. The van der Waals surface area contributed by atoms with E-state index in [1.807, 2.05) is 25.7 Å². The number of carbonyl (C=O) groups excluding carboxylic acids is 1. The predicted octanol–water partition coefficient (Wildman–Crippen LogP) is 6.29. The molecule has 0 aromatic heterocycles. The molecule has 25 heavy (non-hydrogen) atoms. The van der Waals surface area contributed by atoms with Crippen molar-refractivity contribution in [2.24, 2.45) is 0 Å². The molecule has 0 aliphatic carbocycles. The predicted molar refractivity (Wildman–Crippen MR) is 118 cm³/mol. The molecule has 0 heterocycles. The maximum absolute atomic E-state index is 12.4. The minimum absolute atomic E-state index is 0.0904. The number of aliphatic hydroxyl groups excluding tert-OH is 1. The molecule has 146 valence electrons. The summed E-state index contributed by atoms with van der Waals surface area (Å²) < 4.78 is 0. The average Bonchev–Trinajstić information content (AvgIpc) is 2.58. The number of unbranched alkanes of at least 4 members (excludes halogenated alkanes) is 3. The van der Waals surface area contributed by atoms with Gasteiger partial charge in [0.05, 0.1) is 14.2 Å². The van der Waals surface area contributed by atoms with E-state index in [2.05, 4.69) is 33.0 Å². The molecule has 0 fully saturated rings. The molecular formula is C21H42O2Si2. The van der Waals surface area contributed by atoms with Gasteiger partial charge >= 0.3 is 0 Å². The molecule has 1 unspecified atom stereocenters. The van der Waals surface area contributed by atoms with Gasteiger partial charge in [0.15, 0.2) is 0 Å². The van der Waals surface area contributed by atoms with Crippen molar-refractivity contribution in [3.8, 4) is 0 Å². The number of rotatable bonds is 14. The van der Waals surface area contributed by atoms with Gasteiger partial charge in [0.2, 0.25) is 0 Å². The molecule has 1 N–H and O–H groups in total. The van der Waals surface area contributed by atoms with E-state index in [1.165, 1.54) is 56.7 Å². The van der Waals surface area contributed by atoms with Crippen LogP contribution in [0, 0.1) is 0 Å². The fraction of sp³-hybridized carbons (Fsp3) is 0.762. The van der Waals surface area contributed by atoms with Crippen LogP contribution in [0.2, 0.25) is 37.8 Å². The molecule has 0 saturated carbocycles. The van der Waals surface area contributed by atoms with Gasteiger partial charge in [-0.15, -0.1) is 0 Å². The first-order valence-corrected chi connectivity index (χ1v) is 16.4. The first-order valence-electron chi connectivity index (χ1n) is 10.2. The van der Waals surface area contributed by atoms with Crippen LogP contribution in [0.4, 0.5) is 0 Å². The van der Waals surface area contributed by atoms with Gasteiger partial charge in [-0.2, -0.15) is 0 Å². The first kappa shape index (κ1) is 24.5. The Kier molecular flexibility index (Phi) is 11.8. The summed E-state index contributed by atoms with van der Waals surface area (Å²) in [6.45, 7) is 16.7. The topological polar surface area (TPSA) is 37.3 Å². The minimum atomic E-state index is -1.95. The molecule has 4 heteroatoms. The quantitative estimate of drug-likeness (QED) is 0.283. The molecule has 0 aromatic rings. The molecule has 0 aromatic carbocycles. The highest BCUT2D eigenvalue weighted by Crippen LogP contribution is 2.30. The lowest BCUT2D eigenvalue weighted by Crippen LogP contribution is -2.37. The second-order valence-corrected chi connectivity index (χ2v) is 18.1. The van der Waals surface area contributed by atoms with Crippen molar-refractivity contribution in [3.63, 3.8) is 0 Å². The molecule has 0 aliphatic rings. The van der Waals surface area contributed by atoms with Crippen molar-refractivity contribution >= 4 is 21.6 Å². The van der Waals surface area contributed by atoms with Crippen LogP contribution < -0.4 is 0 Å². The zero-order valence-electron chi connectivity index (χ0n) is 17.7. The third kappa shape index (κ3) is 9.16. The Morgan fingerprint density at radius 3 is 1.68 bits per heavy atom. The molecule has 0 saturated heterocycles. The highest BCUT2D eigenvalue weighted by Gasteiger charge is 2.31. The third-order valence-corrected chi connectivity index (χ3v) is 11.7. The van der Waals surface area contributed by atoms with Crippen molar-refractivity contribution < 1.29 is 9.90 Å². The van der Waals surface area contributed by atoms with E-state index in [-0.39, 0.29) is 5.41 Å². The molecule has 0 spiro atoms. The Bertz CT molecular complexity index is 414. The summed E-state index contributed by atoms with van der Waals surface area (Å²) >= 11 is 0. The number of hydrogen-bond acceptors (Lipinski definition) is 2. The van der Waals surface area contributed by atoms with E-state index >= 15 is 0 Å². The van der Waals surface area contributed by atoms with Crippen LogP contribution in [0.5, 0.6) is 0 Å². The van der Waals surface area contributed by atoms with Crippen LogP contribution in [-0.4, -0.2) is 32.8 Å². The van der Waals surface area contributed by atoms with Crippen molar-refractivity contribution in [2.75, 3.05) is 0 Å². The highest BCUT2D eigenvalue weighted by atomic mass is 28.3. The summed E-state index contributed by atoms with van der Waals surface area (Å²) in [6.07, 6.45) is 8.60. The molecule has 0 rings (SSSR count). The summed E-state index contributed by atoms with van der Waals surface area (Å²) in [7, 11) is -3.47. The monoisotopic (exact) mass is 382 g/mol. The first-order chi connectivity index (χ1) is 11.6. The maximum Gasteiger partial charge on any atom is 0.138 e. The Morgan fingerprint density at radius 2 is 1.36 bits per heavy atom. The van der Waals surface area contributed by atoms with Crippen LogP contribution in [0.25, 0.3) is 0 Å². The zero-order chi connectivity index (χ0) is 19.5. The Hall–Kier alpha value is -0.456. The average molecular weight is 383 g/mol. The fourth-order valence-electron chi connectivity index (χ4n) is 3.24. The molecule has 0 amide bonds. The largest absolute Gasteiger partial charge is 0.384 e. The van der Waals surface area contributed by atoms with Gasteiger partial charge in [-0.05, 0) is 0 Å². The number of carbonyl (C=O) groups is 1. The molecule has 0 aliphatic heterocycles. The van der Waals surface area contributed by atoms with E-state index < -0.39 is 22.3 Å². The van der Waals surface area contributed by atoms with Gasteiger partial charge in [0, 0.05) is 5.57 Å². The Balaban J connectivity index is 5.31. The van der Waals surface area contributed by atoms with E-state index in [0.717, 1.165) is 0 Å². The van der Waals surface area contributed by atoms with Crippen LogP contribution >= 0.6 is 0 Å². The van der Waals surface area contributed by atoms with E-state index in [9.17, 15) is 9.90 Å². The van der Waals surface area contributed by atoms with E-state index in [0.29, 0.717) is 5.57 Å². The van der Waals surface area contributed by atoms with Gasteiger partial charge in [-0.25, -0.2) is 0 Å². The summed E-state index contributed by atoms with van der Waals surface area (Å²) in [6, 6.07) is 3.92. The third-order valence-electron chi connectivity index (χ3n) is 5.05. The van der Waals surface area contributed by atoms with Crippen molar-refractivity contribution in [1.29, 1.82) is 0 Å². The summed E-state index contributed by atoms with van der Waals surface area (Å²) in [5, 5.41) is 10.6. The summed E-state index contributed by atoms with van der Waals surface area (Å²) in [5.74, 6) is 0. The van der Waals surface area contributed by atoms with Crippen LogP contribution in [0.3, 0.4) is 0 Å². The van der Waals surface area contributed by atoms with Crippen molar-refractivity contribution in [1.82, 2.24) is 0 Å². The maximum atomic E-state index is 12.4. The smallest absolute Gasteiger partial charge is 0.138 e. The number of aliphatic hydroxyl groups is 1. The second kappa shape index (κ2) is 12.0. The van der Waals surface area contributed by atoms with Crippen LogP contribution in [-0.2, 0) is 4.79 Å². The lowest BCUT2D eigenvalue weighted by Gasteiger charge is -2.29. The SMILES string of the molecule is C=C(C(=O)[Si](C)(C)C)C(O)C=C[Si](CCCC)(CCCC)CCCC. The molecule has 2 nitrogen and oxygen atoms in total. The number of hydrogen-bond donors (Lipinski definition) is 1. The van der Waals surface area contributed by atoms with E-state index in [4.69, 9.17) is 0 Å². The molecule has 0 bridgehead atoms. The standard InChI is InChI=1S/C21H42O2Si2/c1-8-11-15-25(16-12-9-2,17-13-10-3)18-14-20(22)19(4)21(23)24(5,6)7/h14,18,20,22H,4,8-13,15-17H2,1-3,5-7H3. The second-order valence-electron chi connectivity index (χ2n) is 8.58. The lowest BCUT2D eigenvalue weighted by molar-refractivity contribution is -0.110. The molecule has 1 atom stereocenters. The van der Waals surface area contributed by atoms with Gasteiger partial charge in [0.1, 0.15) is 13.5 Å². The van der Waals surface area contributed by atoms with Gasteiger partial charge in [0.25, 0.3) is 0 Å².